The zero-order chi connectivity index (χ0) is 16.9. The molecular formula is C15H14ClN5O2S. The summed E-state index contributed by atoms with van der Waals surface area (Å²) in [5.41, 5.74) is 2.14. The van der Waals surface area contributed by atoms with Crippen molar-refractivity contribution in [2.45, 2.75) is 24.5 Å². The maximum Gasteiger partial charge on any atom is 0.224 e. The molecule has 0 aromatic carbocycles. The van der Waals surface area contributed by atoms with Crippen LogP contribution in [0.2, 0.25) is 5.28 Å². The van der Waals surface area contributed by atoms with E-state index in [4.69, 9.17) is 16.7 Å². The van der Waals surface area contributed by atoms with Gasteiger partial charge in [-0.1, -0.05) is 6.07 Å². The van der Waals surface area contributed by atoms with E-state index in [1.165, 1.54) is 0 Å². The number of rotatable bonds is 4. The Morgan fingerprint density at radius 2 is 2.08 bits per heavy atom. The minimum Gasteiger partial charge on any atom is -0.282 e. The largest absolute Gasteiger partial charge is 0.282 e. The molecule has 0 saturated heterocycles. The first-order valence-corrected chi connectivity index (χ1v) is 9.51. The van der Waals surface area contributed by atoms with Crippen LogP contribution in [0.3, 0.4) is 0 Å². The normalized spacial score (nSPS) is 15.1. The van der Waals surface area contributed by atoms with Crippen molar-refractivity contribution in [3.05, 3.63) is 47.1 Å². The van der Waals surface area contributed by atoms with Crippen LogP contribution in [0.5, 0.6) is 0 Å². The van der Waals surface area contributed by atoms with Crippen molar-refractivity contribution in [2.75, 3.05) is 0 Å². The predicted octanol–water partition coefficient (Wildman–Crippen LogP) is 2.13. The Morgan fingerprint density at radius 3 is 2.79 bits per heavy atom. The number of fused-ring (bicyclic) bond motifs is 1. The number of nitrogens with zero attached hydrogens (tertiary/aromatic N) is 4. The smallest absolute Gasteiger partial charge is 0.224 e. The highest BCUT2D eigenvalue weighted by Crippen LogP contribution is 2.43. The summed E-state index contributed by atoms with van der Waals surface area (Å²) >= 11 is 5.95. The molecule has 0 radical (unpaired) electrons. The van der Waals surface area contributed by atoms with Gasteiger partial charge in [0.2, 0.25) is 15.3 Å². The van der Waals surface area contributed by atoms with Crippen molar-refractivity contribution in [2.24, 2.45) is 5.14 Å². The molecule has 124 valence electrons. The van der Waals surface area contributed by atoms with Gasteiger partial charge in [0.1, 0.15) is 11.6 Å². The fourth-order valence-electron chi connectivity index (χ4n) is 2.79. The third-order valence-corrected chi connectivity index (χ3v) is 4.79. The molecule has 24 heavy (non-hydrogen) atoms. The SMILES string of the molecule is NS(=O)(=O)Cc1cccc(-n2c(C3CC3)cc3cnc(Cl)nc32)n1. The zero-order valence-corrected chi connectivity index (χ0v) is 14.1. The molecule has 1 aliphatic carbocycles. The third kappa shape index (κ3) is 3.00. The van der Waals surface area contributed by atoms with Crippen molar-refractivity contribution < 1.29 is 8.42 Å². The van der Waals surface area contributed by atoms with Gasteiger partial charge in [0, 0.05) is 17.3 Å². The first kappa shape index (κ1) is 15.5. The van der Waals surface area contributed by atoms with Gasteiger partial charge >= 0.3 is 0 Å². The molecular weight excluding hydrogens is 350 g/mol. The van der Waals surface area contributed by atoms with E-state index in [1.54, 1.807) is 18.3 Å². The van der Waals surface area contributed by atoms with Gasteiger partial charge in [-0.2, -0.15) is 4.98 Å². The monoisotopic (exact) mass is 363 g/mol. The van der Waals surface area contributed by atoms with E-state index in [0.717, 1.165) is 23.9 Å². The minimum atomic E-state index is -3.64. The Kier molecular flexibility index (Phi) is 3.56. The molecule has 0 aliphatic heterocycles. The van der Waals surface area contributed by atoms with E-state index in [2.05, 4.69) is 15.0 Å². The van der Waals surface area contributed by atoms with Gasteiger partial charge in [0.25, 0.3) is 0 Å². The van der Waals surface area contributed by atoms with Crippen molar-refractivity contribution in [3.63, 3.8) is 0 Å². The predicted molar refractivity (Wildman–Crippen MR) is 90.5 cm³/mol. The molecule has 0 spiro atoms. The van der Waals surface area contributed by atoms with Crippen LogP contribution in [0.4, 0.5) is 0 Å². The summed E-state index contributed by atoms with van der Waals surface area (Å²) in [6, 6.07) is 7.25. The number of halogens is 1. The molecule has 3 aromatic heterocycles. The molecule has 2 N–H and O–H groups in total. The lowest BCUT2D eigenvalue weighted by Gasteiger charge is -2.10. The standard InChI is InChI=1S/C15H14ClN5O2S/c16-15-18-7-10-6-12(9-4-5-9)21(14(10)20-15)13-3-1-2-11(19-13)8-24(17,22)23/h1-3,6-7,9H,4-5,8H2,(H2,17,22,23). The molecule has 4 rings (SSSR count). The molecule has 7 nitrogen and oxygen atoms in total. The van der Waals surface area contributed by atoms with Crippen LogP contribution in [0.15, 0.2) is 30.5 Å². The van der Waals surface area contributed by atoms with Crippen LogP contribution >= 0.6 is 11.6 Å². The van der Waals surface area contributed by atoms with Gasteiger partial charge in [-0.3, -0.25) is 4.57 Å². The highest BCUT2D eigenvalue weighted by Gasteiger charge is 2.29. The lowest BCUT2D eigenvalue weighted by Crippen LogP contribution is -2.16. The summed E-state index contributed by atoms with van der Waals surface area (Å²) in [4.78, 5) is 12.8. The average molecular weight is 364 g/mol. The highest BCUT2D eigenvalue weighted by molar-refractivity contribution is 7.88. The number of hydrogen-bond acceptors (Lipinski definition) is 5. The maximum atomic E-state index is 11.3. The van der Waals surface area contributed by atoms with Crippen LogP contribution in [-0.2, 0) is 15.8 Å². The lowest BCUT2D eigenvalue weighted by atomic mass is 10.3. The van der Waals surface area contributed by atoms with E-state index in [9.17, 15) is 8.42 Å². The molecule has 0 unspecified atom stereocenters. The van der Waals surface area contributed by atoms with Gasteiger partial charge in [0.15, 0.2) is 5.65 Å². The number of aromatic nitrogens is 4. The van der Waals surface area contributed by atoms with Crippen molar-refractivity contribution in [3.8, 4) is 5.82 Å². The van der Waals surface area contributed by atoms with Gasteiger partial charge in [0.05, 0.1) is 5.69 Å². The van der Waals surface area contributed by atoms with Crippen LogP contribution in [-0.4, -0.2) is 27.9 Å². The quantitative estimate of drug-likeness (QED) is 0.715. The minimum absolute atomic E-state index is 0.157. The van der Waals surface area contributed by atoms with Crippen molar-refractivity contribution >= 4 is 32.7 Å². The van der Waals surface area contributed by atoms with Gasteiger partial charge in [-0.25, -0.2) is 23.5 Å². The summed E-state index contributed by atoms with van der Waals surface area (Å²) in [6.07, 6.45) is 3.89. The fourth-order valence-corrected chi connectivity index (χ4v) is 3.49. The molecule has 3 heterocycles. The Morgan fingerprint density at radius 1 is 1.29 bits per heavy atom. The van der Waals surface area contributed by atoms with E-state index in [0.29, 0.717) is 23.1 Å². The third-order valence-electron chi connectivity index (χ3n) is 3.91. The van der Waals surface area contributed by atoms with Crippen LogP contribution < -0.4 is 5.14 Å². The van der Waals surface area contributed by atoms with Gasteiger partial charge in [-0.05, 0) is 48.6 Å². The lowest BCUT2D eigenvalue weighted by molar-refractivity contribution is 0.596. The molecule has 0 atom stereocenters. The summed E-state index contributed by atoms with van der Waals surface area (Å²) in [5, 5.41) is 6.15. The van der Waals surface area contributed by atoms with Gasteiger partial charge in [-0.15, -0.1) is 0 Å². The second-order valence-corrected chi connectivity index (χ2v) is 7.84. The summed E-state index contributed by atoms with van der Waals surface area (Å²) in [7, 11) is -3.64. The first-order valence-electron chi connectivity index (χ1n) is 7.41. The molecule has 1 saturated carbocycles. The van der Waals surface area contributed by atoms with Crippen LogP contribution in [0, 0.1) is 0 Å². The Bertz CT molecular complexity index is 1040. The Balaban J connectivity index is 1.91. The summed E-state index contributed by atoms with van der Waals surface area (Å²) in [5.74, 6) is 0.735. The van der Waals surface area contributed by atoms with Crippen molar-refractivity contribution in [1.82, 2.24) is 19.5 Å². The van der Waals surface area contributed by atoms with Crippen molar-refractivity contribution in [1.29, 1.82) is 0 Å². The van der Waals surface area contributed by atoms with Crippen LogP contribution in [0.1, 0.15) is 30.1 Å². The topological polar surface area (TPSA) is 104 Å². The number of nitrogens with two attached hydrogens (primary N) is 1. The first-order chi connectivity index (χ1) is 11.4. The number of sulfonamides is 1. The molecule has 9 heteroatoms. The number of primary sulfonamides is 1. The second kappa shape index (κ2) is 5.51. The van der Waals surface area contributed by atoms with E-state index < -0.39 is 10.0 Å². The fraction of sp³-hybridized carbons (Fsp3) is 0.267. The van der Waals surface area contributed by atoms with E-state index in [-0.39, 0.29) is 11.0 Å². The highest BCUT2D eigenvalue weighted by atomic mass is 35.5. The summed E-state index contributed by atoms with van der Waals surface area (Å²) < 4.78 is 24.6. The second-order valence-electron chi connectivity index (χ2n) is 5.89. The molecule has 1 aliphatic rings. The van der Waals surface area contributed by atoms with E-state index in [1.807, 2.05) is 16.7 Å². The number of hydrogen-bond donors (Lipinski definition) is 1. The maximum absolute atomic E-state index is 11.3. The average Bonchev–Trinajstić information content (AvgIpc) is 3.27. The molecule has 0 amide bonds. The number of pyridine rings is 1. The van der Waals surface area contributed by atoms with Crippen LogP contribution in [0.25, 0.3) is 16.9 Å². The van der Waals surface area contributed by atoms with E-state index >= 15 is 0 Å². The molecule has 1 fully saturated rings. The molecule has 0 bridgehead atoms. The Hall–Kier alpha value is -2.03. The Labute approximate surface area is 143 Å². The zero-order valence-electron chi connectivity index (χ0n) is 12.6. The summed E-state index contributed by atoms with van der Waals surface area (Å²) in [6.45, 7) is 0. The molecule has 3 aromatic rings. The van der Waals surface area contributed by atoms with Gasteiger partial charge < -0.3 is 0 Å².